The monoisotopic (exact) mass is 421 g/mol. The summed E-state index contributed by atoms with van der Waals surface area (Å²) in [5.74, 6) is 0.955. The number of aromatic nitrogens is 2. The van der Waals surface area contributed by atoms with Crippen LogP contribution in [0.3, 0.4) is 0 Å². The number of halogens is 3. The number of carbonyl (C=O) groups excluding carboxylic acids is 1. The lowest BCUT2D eigenvalue weighted by Gasteiger charge is -2.24. The molecule has 0 saturated carbocycles. The summed E-state index contributed by atoms with van der Waals surface area (Å²) >= 11 is 1.56. The second-order valence-electron chi connectivity index (χ2n) is 5.26. The predicted molar refractivity (Wildman–Crippen MR) is 93.7 cm³/mol. The van der Waals surface area contributed by atoms with Crippen LogP contribution in [0.5, 0.6) is 17.2 Å². The second-order valence-corrected chi connectivity index (χ2v) is 7.29. The molecule has 2 heterocycles. The molecule has 1 amide bonds. The maximum Gasteiger partial charge on any atom is 0.445 e. The van der Waals surface area contributed by atoms with Crippen LogP contribution >= 0.6 is 23.1 Å². The third kappa shape index (κ3) is 3.63. The Hall–Kier alpha value is -2.21. The largest absolute Gasteiger partial charge is 0.496 e. The second kappa shape index (κ2) is 7.43. The fourth-order valence-electron chi connectivity index (χ4n) is 2.53. The van der Waals surface area contributed by atoms with Gasteiger partial charge in [-0.2, -0.15) is 13.2 Å². The van der Waals surface area contributed by atoms with Gasteiger partial charge >= 0.3 is 6.18 Å². The van der Waals surface area contributed by atoms with Gasteiger partial charge in [0, 0.05) is 11.6 Å². The highest BCUT2D eigenvalue weighted by molar-refractivity contribution is 8.00. The van der Waals surface area contributed by atoms with Crippen molar-refractivity contribution in [1.82, 2.24) is 10.2 Å². The van der Waals surface area contributed by atoms with Crippen molar-refractivity contribution >= 4 is 34.1 Å². The zero-order valence-corrected chi connectivity index (χ0v) is 16.0. The number of methoxy groups -OCH3 is 3. The topological polar surface area (TPSA) is 73.8 Å². The lowest BCUT2D eigenvalue weighted by molar-refractivity contribution is -0.138. The Morgan fingerprint density at radius 3 is 2.26 bits per heavy atom. The summed E-state index contributed by atoms with van der Waals surface area (Å²) in [4.78, 5) is 13.6. The molecule has 7 nitrogen and oxygen atoms in total. The van der Waals surface area contributed by atoms with Crippen LogP contribution in [0.25, 0.3) is 0 Å². The minimum absolute atomic E-state index is 0.0864. The van der Waals surface area contributed by atoms with E-state index in [1.165, 1.54) is 38.0 Å². The van der Waals surface area contributed by atoms with Crippen LogP contribution in [-0.2, 0) is 11.0 Å². The van der Waals surface area contributed by atoms with Gasteiger partial charge in [-0.1, -0.05) is 11.3 Å². The fraction of sp³-hybridized carbons (Fsp3) is 0.400. The Balaban J connectivity index is 2.05. The number of hydrogen-bond donors (Lipinski definition) is 0. The van der Waals surface area contributed by atoms with E-state index in [1.807, 2.05) is 0 Å². The number of anilines is 1. The maximum atomic E-state index is 12.9. The lowest BCUT2D eigenvalue weighted by atomic mass is 10.1. The van der Waals surface area contributed by atoms with Crippen LogP contribution in [-0.4, -0.2) is 43.2 Å². The molecule has 1 aliphatic rings. The number of amides is 1. The van der Waals surface area contributed by atoms with E-state index < -0.39 is 16.6 Å². The molecule has 1 saturated heterocycles. The van der Waals surface area contributed by atoms with Crippen LogP contribution in [0.15, 0.2) is 12.1 Å². The number of nitrogens with zero attached hydrogens (tertiary/aromatic N) is 3. The Labute approximate surface area is 160 Å². The van der Waals surface area contributed by atoms with Crippen molar-refractivity contribution in [3.05, 3.63) is 22.7 Å². The molecule has 0 spiro atoms. The summed E-state index contributed by atoms with van der Waals surface area (Å²) in [5, 5.41) is 4.85. The molecule has 2 aromatic rings. The molecule has 27 heavy (non-hydrogen) atoms. The molecular weight excluding hydrogens is 407 g/mol. The minimum atomic E-state index is -4.62. The molecule has 0 aliphatic carbocycles. The van der Waals surface area contributed by atoms with Gasteiger partial charge in [0.2, 0.25) is 16.0 Å². The molecule has 1 fully saturated rings. The summed E-state index contributed by atoms with van der Waals surface area (Å²) in [6.45, 7) is 0. The number of rotatable bonds is 5. The SMILES string of the molecule is COc1cc(OC)c(C2SCC(=O)N2c2nnc(C(F)(F)F)s2)cc1OC. The standard InChI is InChI=1S/C15H14F3N3O4S2/c1-23-8-5-10(25-3)9(24-2)4-7(8)12-21(11(22)6-26-12)14-20-19-13(27-14)15(16,17)18/h4-5,12H,6H2,1-3H3. The average Bonchev–Trinajstić information content (AvgIpc) is 3.26. The first-order valence-corrected chi connectivity index (χ1v) is 9.31. The van der Waals surface area contributed by atoms with Gasteiger partial charge in [-0.3, -0.25) is 9.69 Å². The molecule has 146 valence electrons. The Bertz CT molecular complexity index is 859. The van der Waals surface area contributed by atoms with Crippen molar-refractivity contribution in [3.63, 3.8) is 0 Å². The molecule has 0 radical (unpaired) electrons. The van der Waals surface area contributed by atoms with E-state index in [1.54, 1.807) is 12.1 Å². The third-order valence-electron chi connectivity index (χ3n) is 3.73. The average molecular weight is 421 g/mol. The Morgan fingerprint density at radius 1 is 1.07 bits per heavy atom. The number of ether oxygens (including phenoxy) is 3. The molecule has 1 atom stereocenters. The van der Waals surface area contributed by atoms with Crippen molar-refractivity contribution in [2.45, 2.75) is 11.6 Å². The molecule has 1 unspecified atom stereocenters. The summed E-state index contributed by atoms with van der Waals surface area (Å²) in [6, 6.07) is 3.23. The van der Waals surface area contributed by atoms with E-state index in [2.05, 4.69) is 10.2 Å². The number of carbonyl (C=O) groups is 1. The molecular formula is C15H14F3N3O4S2. The van der Waals surface area contributed by atoms with Crippen LogP contribution in [0.4, 0.5) is 18.3 Å². The summed E-state index contributed by atoms with van der Waals surface area (Å²) in [7, 11) is 4.37. The summed E-state index contributed by atoms with van der Waals surface area (Å²) in [5.41, 5.74) is 0.551. The minimum Gasteiger partial charge on any atom is -0.496 e. The van der Waals surface area contributed by atoms with Gasteiger partial charge < -0.3 is 14.2 Å². The Morgan fingerprint density at radius 2 is 1.70 bits per heavy atom. The van der Waals surface area contributed by atoms with E-state index >= 15 is 0 Å². The predicted octanol–water partition coefficient (Wildman–Crippen LogP) is 3.36. The zero-order chi connectivity index (χ0) is 19.8. The smallest absolute Gasteiger partial charge is 0.445 e. The summed E-state index contributed by atoms with van der Waals surface area (Å²) < 4.78 is 54.5. The van der Waals surface area contributed by atoms with Crippen molar-refractivity contribution in [2.75, 3.05) is 32.0 Å². The van der Waals surface area contributed by atoms with Crippen molar-refractivity contribution in [1.29, 1.82) is 0 Å². The van der Waals surface area contributed by atoms with Gasteiger partial charge in [0.05, 0.1) is 27.1 Å². The lowest BCUT2D eigenvalue weighted by Crippen LogP contribution is -2.28. The zero-order valence-electron chi connectivity index (χ0n) is 14.4. The summed E-state index contributed by atoms with van der Waals surface area (Å²) in [6.07, 6.45) is -4.62. The van der Waals surface area contributed by atoms with E-state index in [0.29, 0.717) is 34.1 Å². The van der Waals surface area contributed by atoms with Gasteiger partial charge in [-0.15, -0.1) is 22.0 Å². The number of thioether (sulfide) groups is 1. The number of hydrogen-bond acceptors (Lipinski definition) is 8. The Kier molecular flexibility index (Phi) is 5.38. The third-order valence-corrected chi connectivity index (χ3v) is 5.89. The van der Waals surface area contributed by atoms with Crippen LogP contribution in [0, 0.1) is 0 Å². The van der Waals surface area contributed by atoms with E-state index in [4.69, 9.17) is 14.2 Å². The van der Waals surface area contributed by atoms with Gasteiger partial charge in [-0.05, 0) is 6.07 Å². The molecule has 0 N–H and O–H groups in total. The molecule has 1 aliphatic heterocycles. The van der Waals surface area contributed by atoms with Crippen molar-refractivity contribution < 1.29 is 32.2 Å². The maximum absolute atomic E-state index is 12.9. The van der Waals surface area contributed by atoms with Crippen LogP contribution < -0.4 is 19.1 Å². The highest BCUT2D eigenvalue weighted by atomic mass is 32.2. The highest BCUT2D eigenvalue weighted by Gasteiger charge is 2.41. The van der Waals surface area contributed by atoms with Gasteiger partial charge in [0.25, 0.3) is 0 Å². The molecule has 1 aromatic heterocycles. The first kappa shape index (κ1) is 19.5. The highest BCUT2D eigenvalue weighted by Crippen LogP contribution is 2.49. The molecule has 3 rings (SSSR count). The van der Waals surface area contributed by atoms with Crippen molar-refractivity contribution in [2.24, 2.45) is 0 Å². The normalized spacial score (nSPS) is 17.3. The fourth-order valence-corrected chi connectivity index (χ4v) is 4.53. The van der Waals surface area contributed by atoms with Gasteiger partial charge in [-0.25, -0.2) is 0 Å². The van der Waals surface area contributed by atoms with Crippen molar-refractivity contribution in [3.8, 4) is 17.2 Å². The molecule has 0 bridgehead atoms. The first-order chi connectivity index (χ1) is 12.8. The van der Waals surface area contributed by atoms with Gasteiger partial charge in [0.15, 0.2) is 11.5 Å². The van der Waals surface area contributed by atoms with Crippen LogP contribution in [0.1, 0.15) is 15.9 Å². The van der Waals surface area contributed by atoms with E-state index in [9.17, 15) is 18.0 Å². The number of benzene rings is 1. The quantitative estimate of drug-likeness (QED) is 0.733. The molecule has 1 aromatic carbocycles. The van der Waals surface area contributed by atoms with Crippen LogP contribution in [0.2, 0.25) is 0 Å². The van der Waals surface area contributed by atoms with E-state index in [-0.39, 0.29) is 16.8 Å². The first-order valence-electron chi connectivity index (χ1n) is 7.44. The number of alkyl halides is 3. The van der Waals surface area contributed by atoms with Gasteiger partial charge in [0.1, 0.15) is 11.1 Å². The van der Waals surface area contributed by atoms with E-state index in [0.717, 1.165) is 0 Å². The molecule has 12 heteroatoms.